The number of hydrogen-bond acceptors (Lipinski definition) is 4. The van der Waals surface area contributed by atoms with Gasteiger partial charge in [-0.25, -0.2) is 17.5 Å². The molecule has 2 rings (SSSR count). The van der Waals surface area contributed by atoms with E-state index in [0.29, 0.717) is 6.42 Å². The summed E-state index contributed by atoms with van der Waals surface area (Å²) >= 11 is 0. The molecule has 7 heteroatoms. The number of hydrogen-bond donors (Lipinski definition) is 2. The van der Waals surface area contributed by atoms with Crippen LogP contribution >= 0.6 is 0 Å². The zero-order valence-corrected chi connectivity index (χ0v) is 12.0. The maximum Gasteiger partial charge on any atom is 0.240 e. The van der Waals surface area contributed by atoms with E-state index >= 15 is 0 Å². The molecule has 0 amide bonds. The smallest absolute Gasteiger partial charge is 0.240 e. The predicted octanol–water partition coefficient (Wildman–Crippen LogP) is 1.65. The first-order valence-corrected chi connectivity index (χ1v) is 8.13. The lowest BCUT2D eigenvalue weighted by Gasteiger charge is -2.22. The van der Waals surface area contributed by atoms with Gasteiger partial charge in [-0.2, -0.15) is 0 Å². The number of ether oxygens (including phenoxy) is 1. The number of benzene rings is 1. The van der Waals surface area contributed by atoms with Crippen LogP contribution in [-0.4, -0.2) is 27.7 Å². The van der Waals surface area contributed by atoms with E-state index in [9.17, 15) is 12.8 Å². The maximum absolute atomic E-state index is 13.2. The molecule has 5 nitrogen and oxygen atoms in total. The van der Waals surface area contributed by atoms with Crippen molar-refractivity contribution < 1.29 is 17.5 Å². The van der Waals surface area contributed by atoms with Gasteiger partial charge in [0.2, 0.25) is 10.0 Å². The Morgan fingerprint density at radius 3 is 2.80 bits per heavy atom. The number of nitrogens with one attached hydrogen (secondary N) is 1. The number of rotatable bonds is 5. The molecule has 112 valence electrons. The van der Waals surface area contributed by atoms with Crippen molar-refractivity contribution in [2.24, 2.45) is 0 Å². The highest BCUT2D eigenvalue weighted by atomic mass is 32.2. The molecule has 1 aliphatic heterocycles. The Kier molecular flexibility index (Phi) is 4.95. The Morgan fingerprint density at radius 1 is 1.35 bits per heavy atom. The van der Waals surface area contributed by atoms with Crippen molar-refractivity contribution in [1.29, 1.82) is 0 Å². The predicted molar refractivity (Wildman–Crippen MR) is 74.2 cm³/mol. The summed E-state index contributed by atoms with van der Waals surface area (Å²) in [5, 5.41) is 0. The minimum Gasteiger partial charge on any atom is -0.399 e. The van der Waals surface area contributed by atoms with Crippen molar-refractivity contribution in [2.75, 3.05) is 18.9 Å². The van der Waals surface area contributed by atoms with E-state index in [1.165, 1.54) is 6.07 Å². The van der Waals surface area contributed by atoms with Gasteiger partial charge in [0, 0.05) is 18.8 Å². The van der Waals surface area contributed by atoms with Gasteiger partial charge in [-0.3, -0.25) is 0 Å². The summed E-state index contributed by atoms with van der Waals surface area (Å²) in [6.07, 6.45) is 3.84. The molecule has 0 saturated carbocycles. The van der Waals surface area contributed by atoms with Crippen LogP contribution in [0, 0.1) is 5.82 Å². The number of sulfonamides is 1. The first-order valence-electron chi connectivity index (χ1n) is 6.65. The second-order valence-corrected chi connectivity index (χ2v) is 6.66. The summed E-state index contributed by atoms with van der Waals surface area (Å²) in [6, 6.07) is 3.27. The van der Waals surface area contributed by atoms with Gasteiger partial charge in [0.25, 0.3) is 0 Å². The second kappa shape index (κ2) is 6.51. The van der Waals surface area contributed by atoms with Crippen molar-refractivity contribution >= 4 is 15.7 Å². The minimum absolute atomic E-state index is 0.0842. The second-order valence-electron chi connectivity index (χ2n) is 4.90. The molecule has 0 spiro atoms. The molecule has 0 aliphatic carbocycles. The molecule has 0 radical (unpaired) electrons. The van der Waals surface area contributed by atoms with Crippen LogP contribution in [0.2, 0.25) is 0 Å². The summed E-state index contributed by atoms with van der Waals surface area (Å²) in [5.74, 6) is -0.666. The molecule has 1 fully saturated rings. The lowest BCUT2D eigenvalue weighted by molar-refractivity contribution is 0.0123. The quantitative estimate of drug-likeness (QED) is 0.810. The third-order valence-corrected chi connectivity index (χ3v) is 4.68. The minimum atomic E-state index is -3.73. The van der Waals surface area contributed by atoms with E-state index in [2.05, 4.69) is 4.72 Å². The van der Waals surface area contributed by atoms with Gasteiger partial charge in [0.05, 0.1) is 11.0 Å². The average Bonchev–Trinajstić information content (AvgIpc) is 2.38. The van der Waals surface area contributed by atoms with Crippen molar-refractivity contribution in [1.82, 2.24) is 4.72 Å². The fraction of sp³-hybridized carbons (Fsp3) is 0.538. The van der Waals surface area contributed by atoms with Gasteiger partial charge < -0.3 is 10.5 Å². The Bertz CT molecular complexity index is 536. The highest BCUT2D eigenvalue weighted by Gasteiger charge is 2.18. The molecule has 1 heterocycles. The van der Waals surface area contributed by atoms with Gasteiger partial charge >= 0.3 is 0 Å². The molecule has 3 N–H and O–H groups in total. The molecular weight excluding hydrogens is 283 g/mol. The largest absolute Gasteiger partial charge is 0.399 e. The molecule has 20 heavy (non-hydrogen) atoms. The summed E-state index contributed by atoms with van der Waals surface area (Å²) in [6.45, 7) is 1.00. The Hall–Kier alpha value is -1.18. The molecular formula is C13H19FN2O3S. The first kappa shape index (κ1) is 15.2. The van der Waals surface area contributed by atoms with Crippen LogP contribution in [0.15, 0.2) is 23.1 Å². The fourth-order valence-corrected chi connectivity index (χ4v) is 3.32. The van der Waals surface area contributed by atoms with E-state index in [0.717, 1.165) is 38.0 Å². The Labute approximate surface area is 118 Å². The monoisotopic (exact) mass is 302 g/mol. The van der Waals surface area contributed by atoms with Crippen molar-refractivity contribution in [3.05, 3.63) is 24.0 Å². The third-order valence-electron chi connectivity index (χ3n) is 3.24. The lowest BCUT2D eigenvalue weighted by Crippen LogP contribution is -2.29. The topological polar surface area (TPSA) is 81.4 Å². The highest BCUT2D eigenvalue weighted by molar-refractivity contribution is 7.89. The first-order chi connectivity index (χ1) is 9.47. The molecule has 0 bridgehead atoms. The van der Waals surface area contributed by atoms with Crippen molar-refractivity contribution in [3.63, 3.8) is 0 Å². The zero-order valence-electron chi connectivity index (χ0n) is 11.1. The highest BCUT2D eigenvalue weighted by Crippen LogP contribution is 2.17. The van der Waals surface area contributed by atoms with E-state index in [1.54, 1.807) is 0 Å². The van der Waals surface area contributed by atoms with Crippen LogP contribution in [0.5, 0.6) is 0 Å². The van der Waals surface area contributed by atoms with Gasteiger partial charge in [-0.15, -0.1) is 0 Å². The molecule has 0 aromatic heterocycles. The standard InChI is InChI=1S/C13H19FN2O3S/c14-10-7-11(15)9-13(8-10)20(17,18)16-5-4-12-3-1-2-6-19-12/h7-9,12,16H,1-6,15H2. The van der Waals surface area contributed by atoms with Gasteiger partial charge in [-0.05, 0) is 43.9 Å². The van der Waals surface area contributed by atoms with Crippen LogP contribution in [0.25, 0.3) is 0 Å². The van der Waals surface area contributed by atoms with Gasteiger partial charge in [-0.1, -0.05) is 0 Å². The van der Waals surface area contributed by atoms with Crippen LogP contribution in [-0.2, 0) is 14.8 Å². The lowest BCUT2D eigenvalue weighted by atomic mass is 10.1. The summed E-state index contributed by atoms with van der Waals surface area (Å²) < 4.78 is 45.2. The summed E-state index contributed by atoms with van der Waals surface area (Å²) in [4.78, 5) is -0.153. The fourth-order valence-electron chi connectivity index (χ4n) is 2.21. The summed E-state index contributed by atoms with van der Waals surface area (Å²) in [5.41, 5.74) is 5.53. The van der Waals surface area contributed by atoms with Crippen LogP contribution < -0.4 is 10.5 Å². The van der Waals surface area contributed by atoms with E-state index in [4.69, 9.17) is 10.5 Å². The average molecular weight is 302 g/mol. The normalized spacial score (nSPS) is 19.9. The number of nitrogen functional groups attached to an aromatic ring is 1. The zero-order chi connectivity index (χ0) is 14.6. The van der Waals surface area contributed by atoms with E-state index in [-0.39, 0.29) is 23.2 Å². The van der Waals surface area contributed by atoms with Crippen LogP contribution in [0.1, 0.15) is 25.7 Å². The number of halogens is 1. The van der Waals surface area contributed by atoms with Crippen LogP contribution in [0.3, 0.4) is 0 Å². The molecule has 1 aromatic carbocycles. The Morgan fingerprint density at radius 2 is 2.15 bits per heavy atom. The molecule has 1 atom stereocenters. The number of anilines is 1. The summed E-state index contributed by atoms with van der Waals surface area (Å²) in [7, 11) is -3.73. The third kappa shape index (κ3) is 4.16. The van der Waals surface area contributed by atoms with Crippen molar-refractivity contribution in [3.8, 4) is 0 Å². The molecule has 1 aromatic rings. The molecule has 1 unspecified atom stereocenters. The van der Waals surface area contributed by atoms with Gasteiger partial charge in [0.1, 0.15) is 5.82 Å². The van der Waals surface area contributed by atoms with E-state index in [1.807, 2.05) is 0 Å². The molecule has 1 saturated heterocycles. The maximum atomic E-state index is 13.2. The van der Waals surface area contributed by atoms with E-state index < -0.39 is 15.8 Å². The SMILES string of the molecule is Nc1cc(F)cc(S(=O)(=O)NCCC2CCCCO2)c1. The van der Waals surface area contributed by atoms with Crippen molar-refractivity contribution in [2.45, 2.75) is 36.7 Å². The number of nitrogens with two attached hydrogens (primary N) is 1. The van der Waals surface area contributed by atoms with Crippen LogP contribution in [0.4, 0.5) is 10.1 Å². The molecule has 1 aliphatic rings. The Balaban J connectivity index is 1.93. The van der Waals surface area contributed by atoms with Gasteiger partial charge in [0.15, 0.2) is 0 Å².